The predicted molar refractivity (Wildman–Crippen MR) is 95.8 cm³/mol. The van der Waals surface area contributed by atoms with Crippen LogP contribution in [0.4, 0.5) is 5.69 Å². The van der Waals surface area contributed by atoms with Gasteiger partial charge >= 0.3 is 0 Å². The Labute approximate surface area is 136 Å². The Bertz CT molecular complexity index is 828. The van der Waals surface area contributed by atoms with Gasteiger partial charge in [-0.15, -0.1) is 0 Å². The number of carbonyl (C=O) groups excluding carboxylic acids is 1. The van der Waals surface area contributed by atoms with E-state index in [1.165, 1.54) is 5.56 Å². The molecular formula is C20H22N2O. The Balaban J connectivity index is 1.87. The van der Waals surface area contributed by atoms with Crippen molar-refractivity contribution >= 4 is 22.5 Å². The Hall–Kier alpha value is -2.55. The average Bonchev–Trinajstić information content (AvgIpc) is 3.00. The third-order valence-electron chi connectivity index (χ3n) is 4.45. The number of nitrogens with one attached hydrogen (secondary N) is 2. The molecule has 1 amide bonds. The molecule has 0 aliphatic carbocycles. The summed E-state index contributed by atoms with van der Waals surface area (Å²) >= 11 is 0. The van der Waals surface area contributed by atoms with Crippen LogP contribution in [0.3, 0.4) is 0 Å². The maximum atomic E-state index is 12.8. The van der Waals surface area contributed by atoms with Crippen LogP contribution in [0.2, 0.25) is 0 Å². The average molecular weight is 306 g/mol. The molecule has 3 nitrogen and oxygen atoms in total. The van der Waals surface area contributed by atoms with Crippen LogP contribution in [0.1, 0.15) is 31.9 Å². The van der Waals surface area contributed by atoms with E-state index in [0.29, 0.717) is 0 Å². The maximum Gasteiger partial charge on any atom is 0.234 e. The number of anilines is 1. The molecule has 3 rings (SSSR count). The van der Waals surface area contributed by atoms with Crippen molar-refractivity contribution in [1.29, 1.82) is 0 Å². The number of aryl methyl sites for hydroxylation is 1. The second kappa shape index (κ2) is 5.92. The van der Waals surface area contributed by atoms with Gasteiger partial charge < -0.3 is 10.3 Å². The summed E-state index contributed by atoms with van der Waals surface area (Å²) in [6.45, 7) is 6.03. The molecule has 0 fully saturated rings. The van der Waals surface area contributed by atoms with Crippen molar-refractivity contribution in [2.75, 3.05) is 5.32 Å². The zero-order chi connectivity index (χ0) is 16.4. The zero-order valence-corrected chi connectivity index (χ0v) is 13.8. The topological polar surface area (TPSA) is 44.9 Å². The lowest BCUT2D eigenvalue weighted by Gasteiger charge is -2.23. The molecule has 0 bridgehead atoms. The second-order valence-corrected chi connectivity index (χ2v) is 6.38. The van der Waals surface area contributed by atoms with E-state index in [9.17, 15) is 4.79 Å². The number of hydrogen-bond donors (Lipinski definition) is 2. The summed E-state index contributed by atoms with van der Waals surface area (Å²) in [6, 6.07) is 16.1. The minimum Gasteiger partial charge on any atom is -0.361 e. The van der Waals surface area contributed by atoms with Crippen molar-refractivity contribution in [2.45, 2.75) is 32.6 Å². The summed E-state index contributed by atoms with van der Waals surface area (Å²) in [7, 11) is 0. The molecule has 0 unspecified atom stereocenters. The normalized spacial score (nSPS) is 11.6. The lowest BCUT2D eigenvalue weighted by Crippen LogP contribution is -2.34. The molecule has 1 heterocycles. The molecule has 118 valence electrons. The third-order valence-corrected chi connectivity index (χ3v) is 4.45. The number of benzene rings is 2. The van der Waals surface area contributed by atoms with Crippen LogP contribution in [0, 0.1) is 0 Å². The molecule has 0 aliphatic heterocycles. The van der Waals surface area contributed by atoms with Gasteiger partial charge in [0, 0.05) is 22.8 Å². The van der Waals surface area contributed by atoms with Crippen LogP contribution in [-0.2, 0) is 16.6 Å². The van der Waals surface area contributed by atoms with Crippen LogP contribution in [0.25, 0.3) is 10.9 Å². The van der Waals surface area contributed by atoms with Gasteiger partial charge in [-0.25, -0.2) is 0 Å². The van der Waals surface area contributed by atoms with Crippen LogP contribution in [0.5, 0.6) is 0 Å². The molecule has 0 saturated heterocycles. The molecule has 0 aliphatic rings. The largest absolute Gasteiger partial charge is 0.361 e. The van der Waals surface area contributed by atoms with Crippen molar-refractivity contribution in [3.8, 4) is 0 Å². The maximum absolute atomic E-state index is 12.8. The number of aromatic nitrogens is 1. The highest BCUT2D eigenvalue weighted by molar-refractivity contribution is 6.01. The number of aromatic amines is 1. The van der Waals surface area contributed by atoms with Crippen LogP contribution in [0.15, 0.2) is 54.7 Å². The summed E-state index contributed by atoms with van der Waals surface area (Å²) in [4.78, 5) is 16.1. The van der Waals surface area contributed by atoms with Gasteiger partial charge in [0.1, 0.15) is 0 Å². The second-order valence-electron chi connectivity index (χ2n) is 6.38. The van der Waals surface area contributed by atoms with Crippen LogP contribution in [-0.4, -0.2) is 10.9 Å². The first-order valence-electron chi connectivity index (χ1n) is 7.99. The fourth-order valence-corrected chi connectivity index (χ4v) is 2.82. The van der Waals surface area contributed by atoms with Crippen molar-refractivity contribution < 1.29 is 4.79 Å². The van der Waals surface area contributed by atoms with Crippen molar-refractivity contribution in [2.24, 2.45) is 0 Å². The molecule has 0 atom stereocenters. The molecule has 2 N–H and O–H groups in total. The number of fused-ring (bicyclic) bond motifs is 1. The first kappa shape index (κ1) is 15.3. The molecule has 1 aromatic heterocycles. The quantitative estimate of drug-likeness (QED) is 0.724. The van der Waals surface area contributed by atoms with E-state index in [-0.39, 0.29) is 5.91 Å². The fraction of sp³-hybridized carbons (Fsp3) is 0.250. The van der Waals surface area contributed by atoms with E-state index in [4.69, 9.17) is 0 Å². The van der Waals surface area contributed by atoms with Gasteiger partial charge in [-0.3, -0.25) is 4.79 Å². The first-order chi connectivity index (χ1) is 11.0. The van der Waals surface area contributed by atoms with Crippen molar-refractivity contribution in [3.05, 3.63) is 65.9 Å². The highest BCUT2D eigenvalue weighted by atomic mass is 16.2. The lowest BCUT2D eigenvalue weighted by atomic mass is 9.83. The van der Waals surface area contributed by atoms with E-state index in [2.05, 4.69) is 17.2 Å². The van der Waals surface area contributed by atoms with Gasteiger partial charge in [-0.1, -0.05) is 37.3 Å². The molecular weight excluding hydrogens is 284 g/mol. The van der Waals surface area contributed by atoms with Crippen LogP contribution >= 0.6 is 0 Å². The number of para-hydroxylation sites is 1. The van der Waals surface area contributed by atoms with Gasteiger partial charge in [0.2, 0.25) is 5.91 Å². The van der Waals surface area contributed by atoms with E-state index in [1.807, 2.05) is 68.6 Å². The summed E-state index contributed by atoms with van der Waals surface area (Å²) < 4.78 is 0. The Morgan fingerprint density at radius 2 is 1.78 bits per heavy atom. The van der Waals surface area contributed by atoms with Gasteiger partial charge in [0.15, 0.2) is 0 Å². The first-order valence-corrected chi connectivity index (χ1v) is 7.99. The summed E-state index contributed by atoms with van der Waals surface area (Å²) in [5.41, 5.74) is 3.54. The number of hydrogen-bond acceptors (Lipinski definition) is 1. The van der Waals surface area contributed by atoms with Gasteiger partial charge in [0.25, 0.3) is 0 Å². The molecule has 3 heteroatoms. The van der Waals surface area contributed by atoms with E-state index < -0.39 is 5.41 Å². The minimum absolute atomic E-state index is 0.00787. The molecule has 2 aromatic carbocycles. The third kappa shape index (κ3) is 2.87. The monoisotopic (exact) mass is 306 g/mol. The minimum atomic E-state index is -0.622. The standard InChI is InChI=1S/C20H22N2O/c1-4-14-9-11-15(12-10-14)22-19(23)20(2,3)17-13-21-18-8-6-5-7-16(17)18/h5-13,21H,4H2,1-3H3,(H,22,23). The van der Waals surface area contributed by atoms with Crippen molar-refractivity contribution in [3.63, 3.8) is 0 Å². The summed E-state index contributed by atoms with van der Waals surface area (Å²) in [6.07, 6.45) is 2.93. The molecule has 3 aromatic rings. The highest BCUT2D eigenvalue weighted by Crippen LogP contribution is 2.31. The number of amides is 1. The Morgan fingerprint density at radius 3 is 2.48 bits per heavy atom. The number of rotatable bonds is 4. The molecule has 23 heavy (non-hydrogen) atoms. The van der Waals surface area contributed by atoms with Crippen LogP contribution < -0.4 is 5.32 Å². The molecule has 0 spiro atoms. The zero-order valence-electron chi connectivity index (χ0n) is 13.8. The number of carbonyl (C=O) groups is 1. The molecule has 0 saturated carbocycles. The SMILES string of the molecule is CCc1ccc(NC(=O)C(C)(C)c2c[nH]c3ccccc23)cc1. The van der Waals surface area contributed by atoms with E-state index in [1.54, 1.807) is 0 Å². The Morgan fingerprint density at radius 1 is 1.09 bits per heavy atom. The predicted octanol–water partition coefficient (Wildman–Crippen LogP) is 4.65. The van der Waals surface area contributed by atoms with Crippen molar-refractivity contribution in [1.82, 2.24) is 4.98 Å². The smallest absolute Gasteiger partial charge is 0.234 e. The molecule has 0 radical (unpaired) electrons. The van der Waals surface area contributed by atoms with E-state index >= 15 is 0 Å². The highest BCUT2D eigenvalue weighted by Gasteiger charge is 2.32. The summed E-state index contributed by atoms with van der Waals surface area (Å²) in [5, 5.41) is 4.13. The lowest BCUT2D eigenvalue weighted by molar-refractivity contribution is -0.120. The van der Waals surface area contributed by atoms with Gasteiger partial charge in [0.05, 0.1) is 5.41 Å². The summed E-state index contributed by atoms with van der Waals surface area (Å²) in [5.74, 6) is -0.00787. The van der Waals surface area contributed by atoms with Gasteiger partial charge in [-0.05, 0) is 49.6 Å². The van der Waals surface area contributed by atoms with Gasteiger partial charge in [-0.2, -0.15) is 0 Å². The number of H-pyrrole nitrogens is 1. The Kier molecular flexibility index (Phi) is 3.95. The fourth-order valence-electron chi connectivity index (χ4n) is 2.82. The van der Waals surface area contributed by atoms with E-state index in [0.717, 1.165) is 28.6 Å².